The molecule has 0 atom stereocenters. The van der Waals surface area contributed by atoms with Crippen LogP contribution < -0.4 is 5.32 Å². The summed E-state index contributed by atoms with van der Waals surface area (Å²) in [5.74, 6) is -0.758. The molecule has 2 aliphatic rings. The van der Waals surface area contributed by atoms with Gasteiger partial charge in [-0.05, 0) is 63.4 Å². The van der Waals surface area contributed by atoms with E-state index in [2.05, 4.69) is 31.1 Å². The summed E-state index contributed by atoms with van der Waals surface area (Å²) in [4.78, 5) is 54.9. The second-order valence-electron chi connectivity index (χ2n) is 9.81. The highest BCUT2D eigenvalue weighted by atomic mass is 16.5. The van der Waals surface area contributed by atoms with E-state index in [1.807, 2.05) is 0 Å². The predicted octanol–water partition coefficient (Wildman–Crippen LogP) is 3.52. The summed E-state index contributed by atoms with van der Waals surface area (Å²) in [7, 11) is 0. The average molecular weight is 432 g/mol. The maximum atomic E-state index is 13.2. The van der Waals surface area contributed by atoms with Gasteiger partial charge in [0.2, 0.25) is 0 Å². The van der Waals surface area contributed by atoms with E-state index in [1.165, 1.54) is 0 Å². The van der Waals surface area contributed by atoms with Crippen molar-refractivity contribution in [2.75, 3.05) is 13.2 Å². The lowest BCUT2D eigenvalue weighted by molar-refractivity contribution is -0.132. The fraction of sp³-hybridized carbons (Fsp3) is 0.652. The van der Waals surface area contributed by atoms with Crippen LogP contribution in [0.4, 0.5) is 4.79 Å². The van der Waals surface area contributed by atoms with Crippen molar-refractivity contribution in [1.29, 1.82) is 0 Å². The molecule has 8 heteroatoms. The van der Waals surface area contributed by atoms with Gasteiger partial charge in [-0.15, -0.1) is 0 Å². The number of nitrogens with zero attached hydrogens (tertiary/aromatic N) is 1. The number of H-pyrrole nitrogens is 1. The van der Waals surface area contributed by atoms with Gasteiger partial charge >= 0.3 is 12.0 Å². The highest BCUT2D eigenvalue weighted by Crippen LogP contribution is 2.43. The molecule has 2 fully saturated rings. The van der Waals surface area contributed by atoms with Crippen molar-refractivity contribution in [3.05, 3.63) is 22.5 Å². The molecule has 1 spiro atoms. The minimum atomic E-state index is -0.907. The van der Waals surface area contributed by atoms with Crippen molar-refractivity contribution >= 4 is 23.7 Å². The topological polar surface area (TPSA) is 109 Å². The Morgan fingerprint density at radius 3 is 2.32 bits per heavy atom. The third kappa shape index (κ3) is 4.12. The van der Waals surface area contributed by atoms with E-state index in [-0.39, 0.29) is 30.2 Å². The Hall–Kier alpha value is -2.64. The molecule has 1 aliphatic heterocycles. The first kappa shape index (κ1) is 23.0. The van der Waals surface area contributed by atoms with Crippen LogP contribution in [0.2, 0.25) is 0 Å². The van der Waals surface area contributed by atoms with Gasteiger partial charge in [0.25, 0.3) is 5.91 Å². The molecule has 1 saturated heterocycles. The van der Waals surface area contributed by atoms with Crippen LogP contribution in [-0.4, -0.2) is 52.3 Å². The van der Waals surface area contributed by atoms with Crippen molar-refractivity contribution in [3.8, 4) is 0 Å². The van der Waals surface area contributed by atoms with E-state index in [0.29, 0.717) is 35.6 Å². The summed E-state index contributed by atoms with van der Waals surface area (Å²) in [5.41, 5.74) is 0.776. The molecule has 0 radical (unpaired) electrons. The van der Waals surface area contributed by atoms with Crippen LogP contribution in [0, 0.1) is 25.2 Å². The number of carbonyl (C=O) groups is 4. The van der Waals surface area contributed by atoms with E-state index >= 15 is 0 Å². The zero-order valence-corrected chi connectivity index (χ0v) is 19.3. The molecule has 31 heavy (non-hydrogen) atoms. The molecule has 2 heterocycles. The fourth-order valence-corrected chi connectivity index (χ4v) is 4.90. The maximum absolute atomic E-state index is 13.2. The Bertz CT molecular complexity index is 916. The average Bonchev–Trinajstić information content (AvgIpc) is 3.09. The monoisotopic (exact) mass is 431 g/mol. The Labute approximate surface area is 183 Å². The number of aromatic amines is 1. The first-order chi connectivity index (χ1) is 14.4. The molecule has 8 nitrogen and oxygen atoms in total. The summed E-state index contributed by atoms with van der Waals surface area (Å²) in [6.07, 6.45) is 2.87. The fourth-order valence-electron chi connectivity index (χ4n) is 4.90. The van der Waals surface area contributed by atoms with Gasteiger partial charge in [0.15, 0.2) is 5.78 Å². The lowest BCUT2D eigenvalue weighted by Crippen LogP contribution is -2.50. The molecular weight excluding hydrogens is 398 g/mol. The lowest BCUT2D eigenvalue weighted by atomic mass is 9.67. The molecular formula is C23H33N3O5. The normalized spacial score (nSPS) is 23.9. The van der Waals surface area contributed by atoms with Crippen LogP contribution in [-0.2, 0) is 9.53 Å². The molecule has 170 valence electrons. The Kier molecular flexibility index (Phi) is 6.04. The van der Waals surface area contributed by atoms with Crippen molar-refractivity contribution in [3.63, 3.8) is 0 Å². The number of hydrogen-bond donors (Lipinski definition) is 2. The second kappa shape index (κ2) is 8.13. The molecule has 1 aromatic rings. The Morgan fingerprint density at radius 1 is 1.16 bits per heavy atom. The number of rotatable bonds is 5. The highest BCUT2D eigenvalue weighted by Gasteiger charge is 2.53. The molecule has 0 unspecified atom stereocenters. The zero-order valence-electron chi connectivity index (χ0n) is 19.3. The van der Waals surface area contributed by atoms with Crippen molar-refractivity contribution in [2.24, 2.45) is 11.3 Å². The summed E-state index contributed by atoms with van der Waals surface area (Å²) < 4.78 is 5.06. The van der Waals surface area contributed by atoms with Gasteiger partial charge in [-0.25, -0.2) is 9.59 Å². The van der Waals surface area contributed by atoms with Gasteiger partial charge in [-0.3, -0.25) is 14.5 Å². The van der Waals surface area contributed by atoms with Gasteiger partial charge in [0.05, 0.1) is 24.4 Å². The summed E-state index contributed by atoms with van der Waals surface area (Å²) in [6, 6.07) is -0.529. The first-order valence-corrected chi connectivity index (χ1v) is 10.9. The zero-order chi connectivity index (χ0) is 23.1. The van der Waals surface area contributed by atoms with Crippen molar-refractivity contribution in [1.82, 2.24) is 15.2 Å². The number of urea groups is 1. The van der Waals surface area contributed by atoms with E-state index in [0.717, 1.165) is 17.7 Å². The van der Waals surface area contributed by atoms with Gasteiger partial charge in [0, 0.05) is 5.69 Å². The van der Waals surface area contributed by atoms with Crippen LogP contribution in [0.5, 0.6) is 0 Å². The largest absolute Gasteiger partial charge is 0.462 e. The third-order valence-corrected chi connectivity index (χ3v) is 6.81. The van der Waals surface area contributed by atoms with Crippen LogP contribution in [0.3, 0.4) is 0 Å². The van der Waals surface area contributed by atoms with E-state index in [1.54, 1.807) is 20.8 Å². The number of hydrogen-bond acceptors (Lipinski definition) is 5. The van der Waals surface area contributed by atoms with Crippen LogP contribution in [0.25, 0.3) is 0 Å². The van der Waals surface area contributed by atoms with E-state index in [9.17, 15) is 19.2 Å². The standard InChI is InChI=1S/C23H33N3O5/c1-7-31-19(28)17-13(2)18(24-14(17)3)16(27)12-26-20(29)23(25-21(26)30)10-8-15(9-11-23)22(4,5)6/h15,24H,7-12H2,1-6H3,(H,25,30). The van der Waals surface area contributed by atoms with Crippen molar-refractivity contribution in [2.45, 2.75) is 72.8 Å². The summed E-state index contributed by atoms with van der Waals surface area (Å²) in [5, 5.41) is 2.86. The number of carbonyl (C=O) groups excluding carboxylic acids is 4. The molecule has 0 bridgehead atoms. The number of esters is 1. The SMILES string of the molecule is CCOC(=O)c1c(C)[nH]c(C(=O)CN2C(=O)NC3(CCC(C(C)(C)C)CC3)C2=O)c1C. The van der Waals surface area contributed by atoms with E-state index < -0.39 is 23.3 Å². The second-order valence-corrected chi connectivity index (χ2v) is 9.81. The number of aryl methyl sites for hydroxylation is 1. The van der Waals surface area contributed by atoms with Crippen LogP contribution in [0.15, 0.2) is 0 Å². The van der Waals surface area contributed by atoms with E-state index in [4.69, 9.17) is 4.74 Å². The number of Topliss-reactive ketones (excluding diaryl/α,β-unsaturated/α-hetero) is 1. The Balaban J connectivity index is 1.75. The minimum absolute atomic E-state index is 0.155. The highest BCUT2D eigenvalue weighted by molar-refractivity contribution is 6.11. The summed E-state index contributed by atoms with van der Waals surface area (Å²) in [6.45, 7) is 11.5. The number of aromatic nitrogens is 1. The Morgan fingerprint density at radius 2 is 1.77 bits per heavy atom. The molecule has 2 N–H and O–H groups in total. The van der Waals surface area contributed by atoms with Gasteiger partial charge < -0.3 is 15.0 Å². The first-order valence-electron chi connectivity index (χ1n) is 10.9. The van der Waals surface area contributed by atoms with Crippen LogP contribution in [0.1, 0.15) is 85.5 Å². The number of imide groups is 1. The molecule has 3 amide bonds. The quantitative estimate of drug-likeness (QED) is 0.421. The number of nitrogens with one attached hydrogen (secondary N) is 2. The predicted molar refractivity (Wildman–Crippen MR) is 115 cm³/mol. The number of ketones is 1. The minimum Gasteiger partial charge on any atom is -0.462 e. The van der Waals surface area contributed by atoms with Gasteiger partial charge in [0.1, 0.15) is 5.54 Å². The van der Waals surface area contributed by atoms with Crippen molar-refractivity contribution < 1.29 is 23.9 Å². The maximum Gasteiger partial charge on any atom is 0.340 e. The smallest absolute Gasteiger partial charge is 0.340 e. The number of ether oxygens (including phenoxy) is 1. The van der Waals surface area contributed by atoms with Gasteiger partial charge in [-0.2, -0.15) is 0 Å². The number of amides is 3. The summed E-state index contributed by atoms with van der Waals surface area (Å²) >= 11 is 0. The third-order valence-electron chi connectivity index (χ3n) is 6.81. The van der Waals surface area contributed by atoms with Gasteiger partial charge in [-0.1, -0.05) is 20.8 Å². The molecule has 3 rings (SSSR count). The molecule has 1 saturated carbocycles. The van der Waals surface area contributed by atoms with Crippen LogP contribution >= 0.6 is 0 Å². The molecule has 0 aromatic carbocycles. The molecule has 1 aromatic heterocycles. The lowest BCUT2D eigenvalue weighted by Gasteiger charge is -2.40. The molecule has 1 aliphatic carbocycles.